The monoisotopic (exact) mass is 440 g/mol. The fourth-order valence-corrected chi connectivity index (χ4v) is 5.39. The number of benzene rings is 2. The zero-order chi connectivity index (χ0) is 22.2. The van der Waals surface area contributed by atoms with E-state index < -0.39 is 15.9 Å². The molecule has 1 aromatic heterocycles. The molecule has 0 spiro atoms. The summed E-state index contributed by atoms with van der Waals surface area (Å²) in [5.74, 6) is -0.356. The molecule has 1 amide bonds. The number of carbonyl (C=O) groups is 1. The number of piperidine rings is 1. The van der Waals surface area contributed by atoms with Gasteiger partial charge >= 0.3 is 0 Å². The second-order valence-corrected chi connectivity index (χ2v) is 10.0. The number of nitrogens with one attached hydrogen (secondary N) is 1. The predicted octanol–water partition coefficient (Wildman–Crippen LogP) is 3.77. The third-order valence-electron chi connectivity index (χ3n) is 5.48. The average molecular weight is 441 g/mol. The van der Waals surface area contributed by atoms with Gasteiger partial charge in [-0.1, -0.05) is 13.0 Å². The first-order valence-electron chi connectivity index (χ1n) is 10.2. The number of hydrogen-bond donors (Lipinski definition) is 1. The number of amides is 1. The van der Waals surface area contributed by atoms with E-state index in [-0.39, 0.29) is 16.1 Å². The Labute approximate surface area is 180 Å². The molecule has 3 aromatic rings. The van der Waals surface area contributed by atoms with E-state index in [0.717, 1.165) is 24.5 Å². The highest BCUT2D eigenvalue weighted by Gasteiger charge is 2.28. The van der Waals surface area contributed by atoms with Crippen LogP contribution in [0, 0.1) is 12.8 Å². The van der Waals surface area contributed by atoms with E-state index in [1.807, 2.05) is 13.8 Å². The first kappa shape index (κ1) is 21.3. The Morgan fingerprint density at radius 1 is 1.13 bits per heavy atom. The Kier molecular flexibility index (Phi) is 5.68. The zero-order valence-corrected chi connectivity index (χ0v) is 18.2. The molecule has 4 rings (SSSR count). The van der Waals surface area contributed by atoms with E-state index >= 15 is 0 Å². The number of nitrogens with zero attached hydrogens (tertiary/aromatic N) is 1. The first-order valence-corrected chi connectivity index (χ1v) is 11.6. The Balaban J connectivity index is 1.53. The van der Waals surface area contributed by atoms with Gasteiger partial charge in [0.05, 0.1) is 10.3 Å². The lowest BCUT2D eigenvalue weighted by atomic mass is 10.0. The molecule has 1 atom stereocenters. The van der Waals surface area contributed by atoms with Gasteiger partial charge in [-0.2, -0.15) is 4.31 Å². The highest BCUT2D eigenvalue weighted by atomic mass is 32.2. The van der Waals surface area contributed by atoms with E-state index in [2.05, 4.69) is 5.32 Å². The average Bonchev–Trinajstić information content (AvgIpc) is 2.73. The van der Waals surface area contributed by atoms with Crippen LogP contribution in [0.2, 0.25) is 0 Å². The molecule has 0 aliphatic carbocycles. The molecule has 2 aromatic carbocycles. The van der Waals surface area contributed by atoms with Gasteiger partial charge in [-0.05, 0) is 67.6 Å². The van der Waals surface area contributed by atoms with Gasteiger partial charge in [0.25, 0.3) is 5.91 Å². The molecule has 162 valence electrons. The molecule has 0 saturated carbocycles. The molecular formula is C23H24N2O5S. The van der Waals surface area contributed by atoms with Gasteiger partial charge < -0.3 is 9.73 Å². The maximum Gasteiger partial charge on any atom is 0.291 e. The Morgan fingerprint density at radius 2 is 1.87 bits per heavy atom. The number of carbonyl (C=O) groups excluding carboxylic acids is 1. The van der Waals surface area contributed by atoms with Crippen LogP contribution in [0.15, 0.2) is 62.6 Å². The summed E-state index contributed by atoms with van der Waals surface area (Å²) >= 11 is 0. The Bertz CT molecular complexity index is 1300. The molecule has 1 aliphatic rings. The van der Waals surface area contributed by atoms with E-state index in [9.17, 15) is 18.0 Å². The molecule has 0 bridgehead atoms. The standard InChI is InChI=1S/C23H24N2O5S/c1-15-5-10-19-20(26)13-22(30-21(19)12-15)23(27)24-17-6-8-18(9-7-17)31(28,29)25-11-3-4-16(2)14-25/h5-10,12-13,16H,3-4,11,14H2,1-2H3,(H,24,27). The Hall–Kier alpha value is -2.97. The van der Waals surface area contributed by atoms with Crippen molar-refractivity contribution in [2.24, 2.45) is 5.92 Å². The van der Waals surface area contributed by atoms with Gasteiger partial charge in [0, 0.05) is 24.8 Å². The number of sulfonamides is 1. The number of rotatable bonds is 4. The SMILES string of the molecule is Cc1ccc2c(=O)cc(C(=O)Nc3ccc(S(=O)(=O)N4CCCC(C)C4)cc3)oc2c1. The summed E-state index contributed by atoms with van der Waals surface area (Å²) in [5.41, 5.74) is 1.36. The molecule has 1 saturated heterocycles. The largest absolute Gasteiger partial charge is 0.451 e. The van der Waals surface area contributed by atoms with E-state index in [0.29, 0.717) is 35.7 Å². The van der Waals surface area contributed by atoms with Crippen molar-refractivity contribution in [2.45, 2.75) is 31.6 Å². The van der Waals surface area contributed by atoms with Crippen LogP contribution in [0.4, 0.5) is 5.69 Å². The minimum absolute atomic E-state index is 0.109. The van der Waals surface area contributed by atoms with Crippen LogP contribution >= 0.6 is 0 Å². The van der Waals surface area contributed by atoms with E-state index in [4.69, 9.17) is 4.42 Å². The minimum atomic E-state index is -3.57. The van der Waals surface area contributed by atoms with Gasteiger partial charge in [0.15, 0.2) is 11.2 Å². The second kappa shape index (κ2) is 8.28. The highest BCUT2D eigenvalue weighted by Crippen LogP contribution is 2.24. The van der Waals surface area contributed by atoms with Crippen LogP contribution in [0.3, 0.4) is 0 Å². The normalized spacial score (nSPS) is 17.5. The number of fused-ring (bicyclic) bond motifs is 1. The summed E-state index contributed by atoms with van der Waals surface area (Å²) in [6, 6.07) is 12.3. The summed E-state index contributed by atoms with van der Waals surface area (Å²) in [4.78, 5) is 25.1. The van der Waals surface area contributed by atoms with Crippen molar-refractivity contribution in [3.8, 4) is 0 Å². The smallest absolute Gasteiger partial charge is 0.291 e. The van der Waals surface area contributed by atoms with Gasteiger partial charge in [0.2, 0.25) is 10.0 Å². The second-order valence-electron chi connectivity index (χ2n) is 8.06. The van der Waals surface area contributed by atoms with Gasteiger partial charge in [0.1, 0.15) is 5.58 Å². The van der Waals surface area contributed by atoms with Crippen LogP contribution in [-0.4, -0.2) is 31.7 Å². The number of anilines is 1. The quantitative estimate of drug-likeness (QED) is 0.666. The lowest BCUT2D eigenvalue weighted by Gasteiger charge is -2.30. The molecular weight excluding hydrogens is 416 g/mol. The lowest BCUT2D eigenvalue weighted by Crippen LogP contribution is -2.39. The third kappa shape index (κ3) is 4.40. The third-order valence-corrected chi connectivity index (χ3v) is 7.36. The van der Waals surface area contributed by atoms with Gasteiger partial charge in [-0.15, -0.1) is 0 Å². The summed E-state index contributed by atoms with van der Waals surface area (Å²) in [7, 11) is -3.57. The van der Waals surface area contributed by atoms with Crippen molar-refractivity contribution in [3.63, 3.8) is 0 Å². The molecule has 1 aliphatic heterocycles. The van der Waals surface area contributed by atoms with E-state index in [1.54, 1.807) is 18.2 Å². The van der Waals surface area contributed by atoms with Crippen molar-refractivity contribution in [3.05, 3.63) is 70.1 Å². The van der Waals surface area contributed by atoms with Crippen molar-refractivity contribution in [1.29, 1.82) is 0 Å². The number of hydrogen-bond acceptors (Lipinski definition) is 5. The summed E-state index contributed by atoms with van der Waals surface area (Å²) < 4.78 is 32.9. The summed E-state index contributed by atoms with van der Waals surface area (Å²) in [6.07, 6.45) is 1.88. The summed E-state index contributed by atoms with van der Waals surface area (Å²) in [5, 5.41) is 3.06. The van der Waals surface area contributed by atoms with Gasteiger partial charge in [-0.3, -0.25) is 9.59 Å². The van der Waals surface area contributed by atoms with Crippen molar-refractivity contribution >= 4 is 32.6 Å². The maximum atomic E-state index is 12.9. The first-order chi connectivity index (χ1) is 14.7. The van der Waals surface area contributed by atoms with E-state index in [1.165, 1.54) is 28.6 Å². The highest BCUT2D eigenvalue weighted by molar-refractivity contribution is 7.89. The van der Waals surface area contributed by atoms with Crippen LogP contribution in [0.25, 0.3) is 11.0 Å². The van der Waals surface area contributed by atoms with Crippen LogP contribution < -0.4 is 10.7 Å². The van der Waals surface area contributed by atoms with Gasteiger partial charge in [-0.25, -0.2) is 8.42 Å². The molecule has 8 heteroatoms. The summed E-state index contributed by atoms with van der Waals surface area (Å²) in [6.45, 7) is 4.95. The molecule has 0 radical (unpaired) electrons. The lowest BCUT2D eigenvalue weighted by molar-refractivity contribution is 0.0997. The van der Waals surface area contributed by atoms with Crippen LogP contribution in [-0.2, 0) is 10.0 Å². The fraction of sp³-hybridized carbons (Fsp3) is 0.304. The van der Waals surface area contributed by atoms with Crippen molar-refractivity contribution in [1.82, 2.24) is 4.31 Å². The molecule has 1 fully saturated rings. The van der Waals surface area contributed by atoms with Crippen LogP contribution in [0.1, 0.15) is 35.9 Å². The molecule has 31 heavy (non-hydrogen) atoms. The predicted molar refractivity (Wildman–Crippen MR) is 119 cm³/mol. The molecule has 2 heterocycles. The Morgan fingerprint density at radius 3 is 2.58 bits per heavy atom. The fourth-order valence-electron chi connectivity index (χ4n) is 3.79. The number of aryl methyl sites for hydroxylation is 1. The van der Waals surface area contributed by atoms with Crippen LogP contribution in [0.5, 0.6) is 0 Å². The maximum absolute atomic E-state index is 12.9. The molecule has 7 nitrogen and oxygen atoms in total. The topological polar surface area (TPSA) is 96.7 Å². The molecule has 1 N–H and O–H groups in total. The zero-order valence-electron chi connectivity index (χ0n) is 17.4. The minimum Gasteiger partial charge on any atom is -0.451 e. The van der Waals surface area contributed by atoms with Crippen molar-refractivity contribution in [2.75, 3.05) is 18.4 Å². The van der Waals surface area contributed by atoms with Crippen molar-refractivity contribution < 1.29 is 17.6 Å². The molecule has 1 unspecified atom stereocenters.